The Labute approximate surface area is 226 Å². The molecular formula is C29H45NO8. The fraction of sp³-hybridized carbons (Fsp3) is 0.655. The number of ether oxygens (including phenoxy) is 2. The lowest BCUT2D eigenvalue weighted by molar-refractivity contribution is -0.128. The molecule has 0 aromatic rings. The largest absolute Gasteiger partial charge is 0.515 e. The maximum absolute atomic E-state index is 12.9. The maximum Gasteiger partial charge on any atom is 0.156 e. The summed E-state index contributed by atoms with van der Waals surface area (Å²) < 4.78 is 11.0. The van der Waals surface area contributed by atoms with Crippen molar-refractivity contribution in [1.29, 1.82) is 0 Å². The molecule has 0 aromatic heterocycles. The van der Waals surface area contributed by atoms with Crippen LogP contribution in [-0.4, -0.2) is 80.5 Å². The first kappa shape index (κ1) is 33.6. The fourth-order valence-electron chi connectivity index (χ4n) is 6.08. The molecule has 1 saturated carbocycles. The lowest BCUT2D eigenvalue weighted by atomic mass is 9.57. The molecule has 2 aliphatic carbocycles. The normalized spacial score (nSPS) is 27.1. The Hall–Kier alpha value is -2.46. The zero-order chi connectivity index (χ0) is 29.1. The summed E-state index contributed by atoms with van der Waals surface area (Å²) in [6.45, 7) is 12.6. The van der Waals surface area contributed by atoms with E-state index in [9.17, 15) is 24.6 Å². The van der Waals surface area contributed by atoms with Crippen molar-refractivity contribution in [2.24, 2.45) is 16.7 Å². The lowest BCUT2D eigenvalue weighted by Crippen LogP contribution is -2.50. The van der Waals surface area contributed by atoms with Gasteiger partial charge < -0.3 is 29.8 Å². The molecule has 0 spiro atoms. The number of aliphatic hydroxyl groups is 2. The van der Waals surface area contributed by atoms with E-state index < -0.39 is 23.0 Å². The second-order valence-electron chi connectivity index (χ2n) is 10.3. The van der Waals surface area contributed by atoms with Gasteiger partial charge in [0.05, 0.1) is 25.1 Å². The molecule has 0 aromatic carbocycles. The summed E-state index contributed by atoms with van der Waals surface area (Å²) in [5.41, 5.74) is -1.30. The number of hydrogen-bond donors (Lipinski definition) is 3. The average molecular weight is 536 g/mol. The van der Waals surface area contributed by atoms with Gasteiger partial charge in [-0.2, -0.15) is 0 Å². The van der Waals surface area contributed by atoms with Gasteiger partial charge in [0.1, 0.15) is 18.4 Å². The zero-order valence-electron chi connectivity index (χ0n) is 23.7. The Balaban J connectivity index is 0.000000776. The number of aldehydes is 2. The van der Waals surface area contributed by atoms with Crippen LogP contribution in [0.5, 0.6) is 0 Å². The van der Waals surface area contributed by atoms with Crippen molar-refractivity contribution in [1.82, 2.24) is 5.32 Å². The van der Waals surface area contributed by atoms with E-state index in [4.69, 9.17) is 14.3 Å². The van der Waals surface area contributed by atoms with Crippen LogP contribution in [0.1, 0.15) is 59.8 Å². The summed E-state index contributed by atoms with van der Waals surface area (Å²) in [4.78, 5) is 45.9. The van der Waals surface area contributed by atoms with Crippen LogP contribution in [0.3, 0.4) is 0 Å². The highest BCUT2D eigenvalue weighted by Gasteiger charge is 2.58. The highest BCUT2D eigenvalue weighted by atomic mass is 16.5. The van der Waals surface area contributed by atoms with Crippen molar-refractivity contribution in [3.05, 3.63) is 35.1 Å². The third-order valence-electron chi connectivity index (χ3n) is 7.97. The molecular weight excluding hydrogens is 490 g/mol. The molecule has 1 saturated heterocycles. The lowest BCUT2D eigenvalue weighted by Gasteiger charge is -2.48. The number of methoxy groups -OCH3 is 2. The summed E-state index contributed by atoms with van der Waals surface area (Å²) >= 11 is 0. The van der Waals surface area contributed by atoms with Crippen molar-refractivity contribution in [2.45, 2.75) is 72.0 Å². The minimum absolute atomic E-state index is 0.00316. The van der Waals surface area contributed by atoms with Crippen molar-refractivity contribution >= 4 is 24.1 Å². The number of Topliss-reactive ketones (excluding diaryl/α,β-unsaturated/α-hetero) is 2. The number of ketones is 2. The molecule has 38 heavy (non-hydrogen) atoms. The average Bonchev–Trinajstić information content (AvgIpc) is 3.54. The van der Waals surface area contributed by atoms with E-state index in [1.807, 2.05) is 0 Å². The molecule has 9 nitrogen and oxygen atoms in total. The molecule has 5 unspecified atom stereocenters. The highest BCUT2D eigenvalue weighted by molar-refractivity contribution is 5.99. The summed E-state index contributed by atoms with van der Waals surface area (Å²) in [6, 6.07) is 0. The van der Waals surface area contributed by atoms with Gasteiger partial charge in [-0.15, -0.1) is 0 Å². The minimum Gasteiger partial charge on any atom is -0.515 e. The molecule has 3 aliphatic rings. The first-order valence-corrected chi connectivity index (χ1v) is 13.0. The van der Waals surface area contributed by atoms with Gasteiger partial charge in [0.15, 0.2) is 5.78 Å². The fourth-order valence-corrected chi connectivity index (χ4v) is 6.08. The van der Waals surface area contributed by atoms with Crippen LogP contribution in [0.4, 0.5) is 0 Å². The quantitative estimate of drug-likeness (QED) is 0.176. The van der Waals surface area contributed by atoms with E-state index >= 15 is 0 Å². The van der Waals surface area contributed by atoms with Crippen molar-refractivity contribution < 1.29 is 38.9 Å². The number of fused-ring (bicyclic) bond motifs is 1. The van der Waals surface area contributed by atoms with Gasteiger partial charge in [-0.3, -0.25) is 14.4 Å². The highest BCUT2D eigenvalue weighted by Crippen LogP contribution is 2.57. The van der Waals surface area contributed by atoms with Crippen LogP contribution in [0.25, 0.3) is 0 Å². The van der Waals surface area contributed by atoms with Crippen LogP contribution >= 0.6 is 0 Å². The van der Waals surface area contributed by atoms with E-state index in [-0.39, 0.29) is 41.7 Å². The number of nitrogens with one attached hydrogen (secondary N) is 1. The van der Waals surface area contributed by atoms with Crippen LogP contribution < -0.4 is 5.32 Å². The SMILES string of the molecule is C1CCNC1.C=C(C=O)/C(=C\O)C(C)(C1=C(C(C)=O)C2CCC(=O)C2(C)CC1O)C(COC)OC.CC=O. The molecule has 2 fully saturated rings. The number of carbonyl (C=O) groups is 4. The Bertz CT molecular complexity index is 927. The van der Waals surface area contributed by atoms with Gasteiger partial charge in [-0.05, 0) is 65.1 Å². The van der Waals surface area contributed by atoms with Gasteiger partial charge in [0.25, 0.3) is 0 Å². The number of hydrogen-bond acceptors (Lipinski definition) is 9. The standard InChI is InChI=1S/C23H32O7.C4H9N.C2H4O/c1-13(10-24)16(11-25)23(4,19(30-6)12-29-5)21-17(27)9-22(3)15(7-8-18(22)28)20(21)14(2)26;1-2-4-5-3-1;1-2-3/h10-11,15,17,19,25,27H,1,7-9,12H2,2-6H3;5H,1-4H2;2H,1H3/b16-11+;;. The predicted octanol–water partition coefficient (Wildman–Crippen LogP) is 3.06. The number of allylic oxidation sites excluding steroid dienone is 2. The van der Waals surface area contributed by atoms with Gasteiger partial charge in [-0.1, -0.05) is 13.5 Å². The van der Waals surface area contributed by atoms with Crippen LogP contribution in [-0.2, 0) is 28.7 Å². The van der Waals surface area contributed by atoms with Crippen molar-refractivity contribution in [3.63, 3.8) is 0 Å². The first-order chi connectivity index (χ1) is 18.0. The zero-order valence-corrected chi connectivity index (χ0v) is 23.7. The number of rotatable bonds is 9. The van der Waals surface area contributed by atoms with Gasteiger partial charge >= 0.3 is 0 Å². The molecule has 1 heterocycles. The molecule has 9 heteroatoms. The Morgan fingerprint density at radius 1 is 1.29 bits per heavy atom. The van der Waals surface area contributed by atoms with E-state index in [0.29, 0.717) is 30.3 Å². The van der Waals surface area contributed by atoms with Gasteiger partial charge in [0, 0.05) is 54.1 Å². The van der Waals surface area contributed by atoms with E-state index in [1.54, 1.807) is 13.8 Å². The predicted molar refractivity (Wildman–Crippen MR) is 145 cm³/mol. The van der Waals surface area contributed by atoms with E-state index in [2.05, 4.69) is 11.9 Å². The Morgan fingerprint density at radius 3 is 2.26 bits per heavy atom. The third kappa shape index (κ3) is 6.94. The molecule has 214 valence electrons. The summed E-state index contributed by atoms with van der Waals surface area (Å²) in [5, 5.41) is 24.6. The third-order valence-corrected chi connectivity index (χ3v) is 7.97. The van der Waals surface area contributed by atoms with Gasteiger partial charge in [-0.25, -0.2) is 0 Å². The van der Waals surface area contributed by atoms with Crippen LogP contribution in [0.2, 0.25) is 0 Å². The monoisotopic (exact) mass is 535 g/mol. The molecule has 0 bridgehead atoms. The van der Waals surface area contributed by atoms with Gasteiger partial charge in [0.2, 0.25) is 0 Å². The Kier molecular flexibility index (Phi) is 13.4. The number of aliphatic hydroxyl groups excluding tert-OH is 2. The minimum atomic E-state index is -1.30. The Morgan fingerprint density at radius 2 is 1.87 bits per heavy atom. The maximum atomic E-state index is 12.9. The molecule has 3 N–H and O–H groups in total. The summed E-state index contributed by atoms with van der Waals surface area (Å²) in [5.74, 6) is -0.589. The van der Waals surface area contributed by atoms with E-state index in [0.717, 1.165) is 12.5 Å². The smallest absolute Gasteiger partial charge is 0.156 e. The topological polar surface area (TPSA) is 139 Å². The first-order valence-electron chi connectivity index (χ1n) is 13.0. The summed E-state index contributed by atoms with van der Waals surface area (Å²) in [7, 11) is 2.93. The van der Waals surface area contributed by atoms with Crippen molar-refractivity contribution in [2.75, 3.05) is 33.9 Å². The molecule has 3 rings (SSSR count). The molecule has 0 radical (unpaired) electrons. The molecule has 5 atom stereocenters. The van der Waals surface area contributed by atoms with E-state index in [1.165, 1.54) is 54.0 Å². The second-order valence-corrected chi connectivity index (χ2v) is 10.3. The summed E-state index contributed by atoms with van der Waals surface area (Å²) in [6.07, 6.45) is 3.89. The number of carbonyl (C=O) groups excluding carboxylic acids is 4. The van der Waals surface area contributed by atoms with Crippen molar-refractivity contribution in [3.8, 4) is 0 Å². The molecule has 0 amide bonds. The second kappa shape index (κ2) is 15.2. The van der Waals surface area contributed by atoms with Crippen LogP contribution in [0, 0.1) is 16.7 Å². The van der Waals surface area contributed by atoms with Crippen LogP contribution in [0.15, 0.2) is 35.1 Å². The molecule has 1 aliphatic heterocycles.